The van der Waals surface area contributed by atoms with Crippen molar-refractivity contribution in [2.75, 3.05) is 44.6 Å². The fraction of sp³-hybridized carbons (Fsp3) is 0.524. The van der Waals surface area contributed by atoms with Crippen molar-refractivity contribution in [2.24, 2.45) is 5.92 Å². The fourth-order valence-electron chi connectivity index (χ4n) is 3.19. The van der Waals surface area contributed by atoms with E-state index < -0.39 is 11.9 Å². The second-order valence-corrected chi connectivity index (χ2v) is 7.03. The van der Waals surface area contributed by atoms with Gasteiger partial charge in [-0.05, 0) is 38.8 Å². The van der Waals surface area contributed by atoms with Crippen molar-refractivity contribution in [3.05, 3.63) is 30.3 Å². The van der Waals surface area contributed by atoms with E-state index in [9.17, 15) is 19.2 Å². The molecule has 2 rings (SSSR count). The van der Waals surface area contributed by atoms with Crippen LogP contribution in [-0.4, -0.2) is 72.9 Å². The molecule has 4 amide bonds. The smallest absolute Gasteiger partial charge is 0.321 e. The summed E-state index contributed by atoms with van der Waals surface area (Å²) in [6, 6.07) is 8.98. The molecule has 9 nitrogen and oxygen atoms in total. The zero-order valence-electron chi connectivity index (χ0n) is 17.6. The third-order valence-corrected chi connectivity index (χ3v) is 4.92. The highest BCUT2D eigenvalue weighted by Gasteiger charge is 2.29. The van der Waals surface area contributed by atoms with Crippen LogP contribution in [-0.2, 0) is 19.1 Å². The average Bonchev–Trinajstić information content (AvgIpc) is 2.76. The highest BCUT2D eigenvalue weighted by molar-refractivity contribution is 5.89. The van der Waals surface area contributed by atoms with Crippen LogP contribution in [0.4, 0.5) is 10.5 Å². The van der Waals surface area contributed by atoms with Gasteiger partial charge in [0.15, 0.2) is 6.61 Å². The second-order valence-electron chi connectivity index (χ2n) is 7.03. The highest BCUT2D eigenvalue weighted by atomic mass is 16.5. The maximum absolute atomic E-state index is 12.3. The first-order chi connectivity index (χ1) is 14.4. The lowest BCUT2D eigenvalue weighted by molar-refractivity contribution is -0.156. The number of piperidine rings is 1. The molecule has 1 aromatic carbocycles. The quantitative estimate of drug-likeness (QED) is 0.622. The normalized spacial score (nSPS) is 14.0. The van der Waals surface area contributed by atoms with Gasteiger partial charge in [0.05, 0.1) is 12.5 Å². The number of amides is 4. The van der Waals surface area contributed by atoms with Gasteiger partial charge in [0.1, 0.15) is 0 Å². The molecular weight excluding hydrogens is 388 g/mol. The predicted molar refractivity (Wildman–Crippen MR) is 112 cm³/mol. The number of carbonyl (C=O) groups is 4. The Balaban J connectivity index is 1.73. The van der Waals surface area contributed by atoms with Crippen molar-refractivity contribution in [3.8, 4) is 0 Å². The Labute approximate surface area is 176 Å². The summed E-state index contributed by atoms with van der Waals surface area (Å²) in [6.45, 7) is 4.82. The van der Waals surface area contributed by atoms with E-state index >= 15 is 0 Å². The van der Waals surface area contributed by atoms with Crippen LogP contribution in [0.1, 0.15) is 26.7 Å². The van der Waals surface area contributed by atoms with Crippen LogP contribution < -0.4 is 10.6 Å². The van der Waals surface area contributed by atoms with E-state index in [4.69, 9.17) is 4.74 Å². The van der Waals surface area contributed by atoms with Crippen LogP contribution in [0.3, 0.4) is 0 Å². The van der Waals surface area contributed by atoms with Crippen LogP contribution in [0, 0.1) is 5.92 Å². The third-order valence-electron chi connectivity index (χ3n) is 4.92. The number of hydrogen-bond acceptors (Lipinski definition) is 5. The highest BCUT2D eigenvalue weighted by Crippen LogP contribution is 2.19. The number of ether oxygens (including phenoxy) is 1. The Morgan fingerprint density at radius 1 is 1.10 bits per heavy atom. The van der Waals surface area contributed by atoms with E-state index in [2.05, 4.69) is 10.6 Å². The number of benzene rings is 1. The van der Waals surface area contributed by atoms with Crippen LogP contribution in [0.25, 0.3) is 0 Å². The van der Waals surface area contributed by atoms with Gasteiger partial charge in [-0.3, -0.25) is 14.4 Å². The van der Waals surface area contributed by atoms with E-state index in [1.165, 1.54) is 4.90 Å². The number of likely N-dealkylation sites (N-methyl/N-ethyl adjacent to an activating group) is 2. The summed E-state index contributed by atoms with van der Waals surface area (Å²) < 4.78 is 5.18. The monoisotopic (exact) mass is 418 g/mol. The van der Waals surface area contributed by atoms with Gasteiger partial charge in [0, 0.05) is 31.9 Å². The SMILES string of the molecule is CCNC(=O)CN(CC)C(=O)COC(=O)C1CCN(C(=O)Nc2ccccc2)CC1. The van der Waals surface area contributed by atoms with Crippen LogP contribution >= 0.6 is 0 Å². The number of para-hydroxylation sites is 1. The number of anilines is 1. The lowest BCUT2D eigenvalue weighted by Crippen LogP contribution is -2.44. The molecule has 2 N–H and O–H groups in total. The molecule has 1 aliphatic heterocycles. The Morgan fingerprint density at radius 2 is 1.77 bits per heavy atom. The minimum absolute atomic E-state index is 0.0599. The molecule has 0 aliphatic carbocycles. The van der Waals surface area contributed by atoms with Gasteiger partial charge in [0.25, 0.3) is 5.91 Å². The first-order valence-electron chi connectivity index (χ1n) is 10.3. The minimum atomic E-state index is -0.444. The number of urea groups is 1. The number of hydrogen-bond donors (Lipinski definition) is 2. The summed E-state index contributed by atoms with van der Waals surface area (Å²) in [5.74, 6) is -1.45. The zero-order chi connectivity index (χ0) is 21.9. The maximum Gasteiger partial charge on any atom is 0.321 e. The van der Waals surface area contributed by atoms with Crippen molar-refractivity contribution in [3.63, 3.8) is 0 Å². The van der Waals surface area contributed by atoms with Crippen molar-refractivity contribution < 1.29 is 23.9 Å². The number of carbonyl (C=O) groups excluding carboxylic acids is 4. The lowest BCUT2D eigenvalue weighted by atomic mass is 9.97. The molecule has 0 radical (unpaired) electrons. The van der Waals surface area contributed by atoms with Crippen LogP contribution in [0.2, 0.25) is 0 Å². The number of esters is 1. The summed E-state index contributed by atoms with van der Waals surface area (Å²) in [5, 5.41) is 5.46. The summed E-state index contributed by atoms with van der Waals surface area (Å²) >= 11 is 0. The summed E-state index contributed by atoms with van der Waals surface area (Å²) in [7, 11) is 0. The van der Waals surface area contributed by atoms with Gasteiger partial charge >= 0.3 is 12.0 Å². The number of nitrogens with one attached hydrogen (secondary N) is 2. The Bertz CT molecular complexity index is 732. The van der Waals surface area contributed by atoms with Gasteiger partial charge in [0.2, 0.25) is 5.91 Å². The van der Waals surface area contributed by atoms with Crippen molar-refractivity contribution >= 4 is 29.5 Å². The predicted octanol–water partition coefficient (Wildman–Crippen LogP) is 1.46. The molecule has 1 aromatic rings. The third kappa shape index (κ3) is 7.06. The van der Waals surface area contributed by atoms with E-state index in [0.717, 1.165) is 5.69 Å². The molecule has 1 fully saturated rings. The van der Waals surface area contributed by atoms with Gasteiger partial charge < -0.3 is 25.2 Å². The summed E-state index contributed by atoms with van der Waals surface area (Å²) in [6.07, 6.45) is 0.956. The molecule has 1 heterocycles. The standard InChI is InChI=1S/C21H30N4O5/c1-3-22-18(26)14-24(4-2)19(27)15-30-20(28)16-10-12-25(13-11-16)21(29)23-17-8-6-5-7-9-17/h5-9,16H,3-4,10-15H2,1-2H3,(H,22,26)(H,23,29). The van der Waals surface area contributed by atoms with Gasteiger partial charge in [-0.15, -0.1) is 0 Å². The summed E-state index contributed by atoms with van der Waals surface area (Å²) in [5.41, 5.74) is 0.718. The second kappa shape index (κ2) is 11.8. The van der Waals surface area contributed by atoms with Crippen LogP contribution in [0.15, 0.2) is 30.3 Å². The topological polar surface area (TPSA) is 108 Å². The molecule has 164 valence electrons. The number of rotatable bonds is 8. The van der Waals surface area contributed by atoms with Crippen LogP contribution in [0.5, 0.6) is 0 Å². The molecule has 0 spiro atoms. The Hall–Kier alpha value is -3.10. The minimum Gasteiger partial charge on any atom is -0.455 e. The van der Waals surface area contributed by atoms with E-state index in [1.54, 1.807) is 18.7 Å². The molecule has 1 aliphatic rings. The molecular formula is C21H30N4O5. The maximum atomic E-state index is 12.3. The molecule has 0 saturated carbocycles. The molecule has 0 atom stereocenters. The van der Waals surface area contributed by atoms with Gasteiger partial charge in [-0.2, -0.15) is 0 Å². The first-order valence-corrected chi connectivity index (χ1v) is 10.3. The Morgan fingerprint density at radius 3 is 2.37 bits per heavy atom. The van der Waals surface area contributed by atoms with E-state index in [1.807, 2.05) is 30.3 Å². The largest absolute Gasteiger partial charge is 0.455 e. The van der Waals surface area contributed by atoms with E-state index in [0.29, 0.717) is 39.0 Å². The molecule has 9 heteroatoms. The number of likely N-dealkylation sites (tertiary alicyclic amines) is 1. The molecule has 0 unspecified atom stereocenters. The molecule has 1 saturated heterocycles. The van der Waals surface area contributed by atoms with Crippen molar-refractivity contribution in [2.45, 2.75) is 26.7 Å². The lowest BCUT2D eigenvalue weighted by Gasteiger charge is -2.31. The average molecular weight is 418 g/mol. The molecule has 0 bridgehead atoms. The van der Waals surface area contributed by atoms with Gasteiger partial charge in [-0.1, -0.05) is 18.2 Å². The zero-order valence-corrected chi connectivity index (χ0v) is 17.6. The fourth-order valence-corrected chi connectivity index (χ4v) is 3.19. The van der Waals surface area contributed by atoms with Gasteiger partial charge in [-0.25, -0.2) is 4.79 Å². The summed E-state index contributed by atoms with van der Waals surface area (Å²) in [4.78, 5) is 51.5. The first kappa shape index (κ1) is 23.2. The Kier molecular flexibility index (Phi) is 9.11. The molecule has 30 heavy (non-hydrogen) atoms. The van der Waals surface area contributed by atoms with E-state index in [-0.39, 0.29) is 31.0 Å². The number of nitrogens with zero attached hydrogens (tertiary/aromatic N) is 2. The van der Waals surface area contributed by atoms with Crippen molar-refractivity contribution in [1.82, 2.24) is 15.1 Å². The molecule has 0 aromatic heterocycles. The van der Waals surface area contributed by atoms with Crippen molar-refractivity contribution in [1.29, 1.82) is 0 Å².